The van der Waals surface area contributed by atoms with Crippen LogP contribution in [0.4, 0.5) is 0 Å². The second-order valence-electron chi connectivity index (χ2n) is 3.20. The van der Waals surface area contributed by atoms with Gasteiger partial charge in [0.05, 0.1) is 0 Å². The van der Waals surface area contributed by atoms with E-state index in [1.54, 1.807) is 0 Å². The van der Waals surface area contributed by atoms with Gasteiger partial charge in [0.2, 0.25) is 0 Å². The van der Waals surface area contributed by atoms with Crippen molar-refractivity contribution >= 4 is 12.0 Å². The Hall–Kier alpha value is -2.90. The monoisotopic (exact) mass is 248 g/mol. The minimum atomic E-state index is -0.691. The molecule has 92 valence electrons. The molecule has 0 atom stereocenters. The van der Waals surface area contributed by atoms with Crippen LogP contribution in [-0.4, -0.2) is 36.8 Å². The Morgan fingerprint density at radius 3 is 2.83 bits per heavy atom. The second kappa shape index (κ2) is 4.95. The van der Waals surface area contributed by atoms with Gasteiger partial charge in [-0.05, 0) is 29.0 Å². The third-order valence-electron chi connectivity index (χ3n) is 1.93. The Labute approximate surface area is 101 Å². The van der Waals surface area contributed by atoms with E-state index in [4.69, 9.17) is 5.11 Å². The predicted octanol–water partition coefficient (Wildman–Crippen LogP) is 0.230. The fourth-order valence-electron chi connectivity index (χ4n) is 1.13. The number of phenolic OH excluding ortho intramolecular Hbond substituents is 2. The molecule has 0 aliphatic carbocycles. The number of aromatic hydroxyl groups is 2. The zero-order valence-electron chi connectivity index (χ0n) is 8.94. The summed E-state index contributed by atoms with van der Waals surface area (Å²) in [5, 5.41) is 30.6. The summed E-state index contributed by atoms with van der Waals surface area (Å²) in [6.07, 6.45) is 2.53. The SMILES string of the molecule is O=C(/C=C/c1ccc(O)c(O)c1)Oc1nn[nH]n1. The van der Waals surface area contributed by atoms with Gasteiger partial charge in [0.1, 0.15) is 0 Å². The third-order valence-corrected chi connectivity index (χ3v) is 1.93. The van der Waals surface area contributed by atoms with Crippen LogP contribution >= 0.6 is 0 Å². The summed E-state index contributed by atoms with van der Waals surface area (Å²) in [5.41, 5.74) is 0.523. The molecule has 2 rings (SSSR count). The number of tetrazole rings is 1. The maximum atomic E-state index is 11.3. The van der Waals surface area contributed by atoms with E-state index in [1.807, 2.05) is 0 Å². The highest BCUT2D eigenvalue weighted by molar-refractivity contribution is 5.88. The van der Waals surface area contributed by atoms with E-state index in [-0.39, 0.29) is 17.5 Å². The van der Waals surface area contributed by atoms with Gasteiger partial charge in [0.15, 0.2) is 11.5 Å². The molecule has 1 heterocycles. The quantitative estimate of drug-likeness (QED) is 0.403. The molecule has 0 unspecified atom stereocenters. The van der Waals surface area contributed by atoms with Crippen molar-refractivity contribution in [1.29, 1.82) is 0 Å². The molecule has 1 aromatic carbocycles. The molecule has 18 heavy (non-hydrogen) atoms. The number of hydrogen-bond donors (Lipinski definition) is 3. The molecule has 0 bridgehead atoms. The number of nitrogens with zero attached hydrogens (tertiary/aromatic N) is 3. The number of aromatic nitrogens is 4. The number of ether oxygens (including phenoxy) is 1. The first kappa shape index (κ1) is 11.6. The first-order chi connectivity index (χ1) is 8.65. The summed E-state index contributed by atoms with van der Waals surface area (Å²) in [6.45, 7) is 0. The van der Waals surface area contributed by atoms with Crippen LogP contribution in [0.2, 0.25) is 0 Å². The standard InChI is InChI=1S/C10H8N4O4/c15-7-3-1-6(5-8(7)16)2-4-9(17)18-10-11-13-14-12-10/h1-5,15-16H,(H,11,12,13,14)/b4-2+. The highest BCUT2D eigenvalue weighted by Crippen LogP contribution is 2.25. The van der Waals surface area contributed by atoms with Crippen LogP contribution in [0.15, 0.2) is 24.3 Å². The predicted molar refractivity (Wildman–Crippen MR) is 58.6 cm³/mol. The lowest BCUT2D eigenvalue weighted by Crippen LogP contribution is -2.04. The van der Waals surface area contributed by atoms with Gasteiger partial charge in [0, 0.05) is 6.08 Å². The van der Waals surface area contributed by atoms with E-state index in [9.17, 15) is 9.90 Å². The number of aromatic amines is 1. The summed E-state index contributed by atoms with van der Waals surface area (Å²) < 4.78 is 4.68. The van der Waals surface area contributed by atoms with Crippen molar-refractivity contribution < 1.29 is 19.7 Å². The van der Waals surface area contributed by atoms with E-state index >= 15 is 0 Å². The third kappa shape index (κ3) is 2.82. The molecule has 0 saturated heterocycles. The van der Waals surface area contributed by atoms with Crippen molar-refractivity contribution in [1.82, 2.24) is 20.6 Å². The first-order valence-corrected chi connectivity index (χ1v) is 4.80. The molecule has 0 radical (unpaired) electrons. The van der Waals surface area contributed by atoms with E-state index in [0.717, 1.165) is 6.08 Å². The van der Waals surface area contributed by atoms with Gasteiger partial charge >= 0.3 is 12.0 Å². The number of H-pyrrole nitrogens is 1. The zero-order chi connectivity index (χ0) is 13.0. The molecule has 0 fully saturated rings. The Morgan fingerprint density at radius 2 is 2.17 bits per heavy atom. The molecule has 2 aromatic rings. The number of benzene rings is 1. The summed E-state index contributed by atoms with van der Waals surface area (Å²) in [4.78, 5) is 11.3. The normalized spacial score (nSPS) is 10.7. The van der Waals surface area contributed by atoms with Crippen LogP contribution in [0, 0.1) is 0 Å². The number of carbonyl (C=O) groups is 1. The highest BCUT2D eigenvalue weighted by atomic mass is 16.6. The van der Waals surface area contributed by atoms with E-state index in [1.165, 1.54) is 24.3 Å². The van der Waals surface area contributed by atoms with Crippen molar-refractivity contribution in [3.05, 3.63) is 29.8 Å². The van der Waals surface area contributed by atoms with Crippen molar-refractivity contribution in [3.8, 4) is 17.5 Å². The summed E-state index contributed by atoms with van der Waals surface area (Å²) >= 11 is 0. The first-order valence-electron chi connectivity index (χ1n) is 4.80. The van der Waals surface area contributed by atoms with Gasteiger partial charge in [-0.1, -0.05) is 16.3 Å². The average Bonchev–Trinajstić information content (AvgIpc) is 2.83. The summed E-state index contributed by atoms with van der Waals surface area (Å²) in [6, 6.07) is 3.94. The maximum Gasteiger partial charge on any atom is 0.363 e. The average molecular weight is 248 g/mol. The molecular weight excluding hydrogens is 240 g/mol. The van der Waals surface area contributed by atoms with E-state index < -0.39 is 5.97 Å². The number of rotatable bonds is 3. The lowest BCUT2D eigenvalue weighted by molar-refractivity contribution is -0.129. The molecular formula is C10H8N4O4. The molecule has 3 N–H and O–H groups in total. The fraction of sp³-hybridized carbons (Fsp3) is 0. The molecule has 0 aliphatic heterocycles. The fourth-order valence-corrected chi connectivity index (χ4v) is 1.13. The van der Waals surface area contributed by atoms with Crippen molar-refractivity contribution in [2.45, 2.75) is 0 Å². The minimum absolute atomic E-state index is 0.182. The van der Waals surface area contributed by atoms with Crippen molar-refractivity contribution in [2.75, 3.05) is 0 Å². The van der Waals surface area contributed by atoms with Gasteiger partial charge in [-0.15, -0.1) is 0 Å². The Balaban J connectivity index is 2.01. The van der Waals surface area contributed by atoms with E-state index in [0.29, 0.717) is 5.56 Å². The highest BCUT2D eigenvalue weighted by Gasteiger charge is 2.04. The van der Waals surface area contributed by atoms with Crippen molar-refractivity contribution in [2.24, 2.45) is 0 Å². The molecule has 0 aliphatic rings. The number of hydrogen-bond acceptors (Lipinski definition) is 7. The molecule has 0 amide bonds. The Bertz CT molecular complexity index is 580. The Morgan fingerprint density at radius 1 is 1.33 bits per heavy atom. The summed E-state index contributed by atoms with van der Waals surface area (Å²) in [7, 11) is 0. The largest absolute Gasteiger partial charge is 0.504 e. The topological polar surface area (TPSA) is 121 Å². The molecule has 1 aromatic heterocycles. The van der Waals surface area contributed by atoms with Gasteiger partial charge in [-0.2, -0.15) is 5.21 Å². The molecule has 8 heteroatoms. The lowest BCUT2D eigenvalue weighted by Gasteiger charge is -1.98. The van der Waals surface area contributed by atoms with Crippen LogP contribution in [0.5, 0.6) is 17.5 Å². The van der Waals surface area contributed by atoms with Gasteiger partial charge < -0.3 is 14.9 Å². The Kier molecular flexibility index (Phi) is 3.19. The smallest absolute Gasteiger partial charge is 0.363 e. The van der Waals surface area contributed by atoms with Crippen LogP contribution in [0.25, 0.3) is 6.08 Å². The maximum absolute atomic E-state index is 11.3. The van der Waals surface area contributed by atoms with Crippen LogP contribution in [0.3, 0.4) is 0 Å². The van der Waals surface area contributed by atoms with Gasteiger partial charge in [-0.25, -0.2) is 4.79 Å². The molecule has 0 spiro atoms. The number of carbonyl (C=O) groups excluding carboxylic acids is 1. The number of phenols is 2. The van der Waals surface area contributed by atoms with Crippen LogP contribution in [0.1, 0.15) is 5.56 Å². The van der Waals surface area contributed by atoms with Crippen LogP contribution in [-0.2, 0) is 4.79 Å². The van der Waals surface area contributed by atoms with Crippen LogP contribution < -0.4 is 4.74 Å². The number of nitrogens with one attached hydrogen (secondary N) is 1. The molecule has 8 nitrogen and oxygen atoms in total. The van der Waals surface area contributed by atoms with Gasteiger partial charge in [0.25, 0.3) is 0 Å². The zero-order valence-corrected chi connectivity index (χ0v) is 8.94. The van der Waals surface area contributed by atoms with Crippen molar-refractivity contribution in [3.63, 3.8) is 0 Å². The summed E-state index contributed by atoms with van der Waals surface area (Å²) in [5.74, 6) is -1.20. The van der Waals surface area contributed by atoms with E-state index in [2.05, 4.69) is 25.4 Å². The second-order valence-corrected chi connectivity index (χ2v) is 3.20. The molecule has 0 saturated carbocycles. The minimum Gasteiger partial charge on any atom is -0.504 e. The lowest BCUT2D eigenvalue weighted by atomic mass is 10.2. The number of esters is 1. The van der Waals surface area contributed by atoms with Gasteiger partial charge in [-0.3, -0.25) is 0 Å².